The summed E-state index contributed by atoms with van der Waals surface area (Å²) in [5.41, 5.74) is 13.1. The van der Waals surface area contributed by atoms with Gasteiger partial charge in [-0.1, -0.05) is 36.6 Å². The van der Waals surface area contributed by atoms with Gasteiger partial charge in [-0.3, -0.25) is 19.2 Å². The van der Waals surface area contributed by atoms with E-state index < -0.39 is 36.1 Å². The molecule has 0 aromatic carbocycles. The topological polar surface area (TPSA) is 334 Å². The average Bonchev–Trinajstić information content (AvgIpc) is 4.04. The first kappa shape index (κ1) is 54.8. The number of halogens is 1. The van der Waals surface area contributed by atoms with Crippen molar-refractivity contribution in [2.75, 3.05) is 120 Å². The zero-order valence-electron chi connectivity index (χ0n) is 38.5. The highest BCUT2D eigenvalue weighted by Gasteiger charge is 2.34. The van der Waals surface area contributed by atoms with E-state index in [1.54, 1.807) is 16.0 Å². The predicted octanol–water partition coefficient (Wildman–Crippen LogP) is -4.30. The van der Waals surface area contributed by atoms with Gasteiger partial charge in [0, 0.05) is 71.7 Å². The van der Waals surface area contributed by atoms with Crippen LogP contribution in [0.4, 0.5) is 17.8 Å². The van der Waals surface area contributed by atoms with E-state index in [4.69, 9.17) is 47.1 Å². The van der Waals surface area contributed by atoms with Crippen molar-refractivity contribution in [3.8, 4) is 12.3 Å². The number of aromatic nitrogens is 9. The van der Waals surface area contributed by atoms with E-state index >= 15 is 0 Å². The quantitative estimate of drug-likeness (QED) is 0.0296. The van der Waals surface area contributed by atoms with Crippen molar-refractivity contribution in [3.63, 3.8) is 0 Å². The van der Waals surface area contributed by atoms with Crippen molar-refractivity contribution in [3.05, 3.63) is 23.8 Å². The van der Waals surface area contributed by atoms with Gasteiger partial charge < -0.3 is 78.3 Å². The first-order valence-corrected chi connectivity index (χ1v) is 22.5. The molecule has 376 valence electrons. The molecule has 0 aliphatic carbocycles. The average molecular weight is 977 g/mol. The third kappa shape index (κ3) is 15.9. The lowest BCUT2D eigenvalue weighted by Crippen LogP contribution is -3.00. The van der Waals surface area contributed by atoms with E-state index in [0.29, 0.717) is 83.3 Å². The molecule has 5 heterocycles. The van der Waals surface area contributed by atoms with Crippen molar-refractivity contribution >= 4 is 41.6 Å². The maximum atomic E-state index is 14.1. The second-order valence-electron chi connectivity index (χ2n) is 16.1. The van der Waals surface area contributed by atoms with Crippen LogP contribution in [0.15, 0.2) is 12.4 Å². The van der Waals surface area contributed by atoms with Crippen molar-refractivity contribution in [1.29, 1.82) is 0 Å². The molecule has 2 fully saturated rings. The standard InChI is InChI=1S/C41H64N16O10.ClH/c1-4-19-65-21-23-67-24-22-66-20-10-44-39-45-40(54-15-11-52(12-16-54)37(63)32(6-8-34(59)60)56-25-30(48-50-56)29(42)27-58)47-41(46-39)55-17-13-53(14-18-55)38(64)33(7-9-35(61)62)57-26-31(49-51-57)36(43)28(3)5-2;/h1,25-26,28-29,32-33,36,58H,5-24,27,42-43H2,2-3H3,(H,59,60)(H,61,62)(H,44,45,46,47);1H/p-1/t28-,29?,32+,33+,36?;/m1./s1. The second-order valence-corrected chi connectivity index (χ2v) is 16.1. The molecule has 2 unspecified atom stereocenters. The number of terminal acetylenes is 1. The molecule has 2 amide bonds. The fourth-order valence-corrected chi connectivity index (χ4v) is 7.30. The summed E-state index contributed by atoms with van der Waals surface area (Å²) >= 11 is 0. The number of carboxylic acid groups (broad SMARTS) is 2. The van der Waals surface area contributed by atoms with Gasteiger partial charge in [0.25, 0.3) is 0 Å². The van der Waals surface area contributed by atoms with Gasteiger partial charge in [-0.2, -0.15) is 15.0 Å². The van der Waals surface area contributed by atoms with E-state index in [-0.39, 0.29) is 107 Å². The first-order chi connectivity index (χ1) is 32.3. The molecule has 27 heteroatoms. The Morgan fingerprint density at radius 3 is 1.69 bits per heavy atom. The smallest absolute Gasteiger partial charge is 0.303 e. The van der Waals surface area contributed by atoms with Crippen molar-refractivity contribution in [2.24, 2.45) is 17.4 Å². The largest absolute Gasteiger partial charge is 1.00 e. The lowest BCUT2D eigenvalue weighted by Gasteiger charge is -2.38. The summed E-state index contributed by atoms with van der Waals surface area (Å²) in [4.78, 5) is 72.6. The van der Waals surface area contributed by atoms with Crippen LogP contribution in [0.2, 0.25) is 0 Å². The van der Waals surface area contributed by atoms with Gasteiger partial charge >= 0.3 is 11.9 Å². The summed E-state index contributed by atoms with van der Waals surface area (Å²) < 4.78 is 19.1. The number of aliphatic hydroxyl groups excluding tert-OH is 1. The fourth-order valence-electron chi connectivity index (χ4n) is 7.30. The molecule has 3 aromatic rings. The number of rotatable bonds is 28. The summed E-state index contributed by atoms with van der Waals surface area (Å²) in [6.45, 7) is 8.50. The summed E-state index contributed by atoms with van der Waals surface area (Å²) in [5.74, 6) is 0.784. The Hall–Kier alpha value is -5.82. The normalized spacial score (nSPS) is 16.3. The molecule has 3 aromatic heterocycles. The van der Waals surface area contributed by atoms with Gasteiger partial charge in [-0.05, 0) is 18.8 Å². The van der Waals surface area contributed by atoms with E-state index in [9.17, 15) is 34.5 Å². The van der Waals surface area contributed by atoms with Crippen LogP contribution in [0.3, 0.4) is 0 Å². The Bertz CT molecular complexity index is 2090. The lowest BCUT2D eigenvalue weighted by atomic mass is 9.98. The summed E-state index contributed by atoms with van der Waals surface area (Å²) in [7, 11) is 0. The molecule has 8 N–H and O–H groups in total. The van der Waals surface area contributed by atoms with Gasteiger partial charge in [0.2, 0.25) is 29.7 Å². The summed E-state index contributed by atoms with van der Waals surface area (Å²) in [5, 5.41) is 48.1. The van der Waals surface area contributed by atoms with E-state index in [2.05, 4.69) is 31.9 Å². The van der Waals surface area contributed by atoms with E-state index in [1.807, 2.05) is 23.6 Å². The number of aliphatic hydroxyl groups is 1. The SMILES string of the molecule is C#CCOCCOCCOCCNc1nc(N2CCN(C(=O)[C@H](CCC(=O)O)n3cc(C(N)CO)nn3)CC2)nc(N2CCN(C(=O)[C@H](CCC(=O)O)n3cc(C(N)[C@H](C)CC)nn3)CC2)n1.[Cl-]. The molecular formula is C41H64ClN16O10-. The van der Waals surface area contributed by atoms with Crippen LogP contribution in [-0.4, -0.2) is 199 Å². The van der Waals surface area contributed by atoms with Crippen molar-refractivity contribution in [1.82, 2.24) is 54.7 Å². The minimum Gasteiger partial charge on any atom is -1.00 e. The van der Waals surface area contributed by atoms with Crippen molar-refractivity contribution in [2.45, 2.75) is 70.1 Å². The number of carbonyl (C=O) groups is 4. The molecule has 2 aliphatic rings. The lowest BCUT2D eigenvalue weighted by molar-refractivity contribution is -0.140. The Morgan fingerprint density at radius 1 is 0.750 bits per heavy atom. The molecule has 0 radical (unpaired) electrons. The molecular weight excluding hydrogens is 912 g/mol. The Labute approximate surface area is 400 Å². The van der Waals surface area contributed by atoms with E-state index in [0.717, 1.165) is 6.42 Å². The highest BCUT2D eigenvalue weighted by Crippen LogP contribution is 2.26. The van der Waals surface area contributed by atoms with Crippen LogP contribution in [-0.2, 0) is 33.4 Å². The summed E-state index contributed by atoms with van der Waals surface area (Å²) in [6, 6.07) is -3.06. The van der Waals surface area contributed by atoms with Crippen LogP contribution in [0.5, 0.6) is 0 Å². The molecule has 2 saturated heterocycles. The number of amides is 2. The number of nitrogens with two attached hydrogens (primary N) is 2. The molecule has 0 saturated carbocycles. The Balaban J connectivity index is 0.0000101. The third-order valence-electron chi connectivity index (χ3n) is 11.5. The van der Waals surface area contributed by atoms with Crippen LogP contribution in [0.1, 0.15) is 81.5 Å². The molecule has 2 aliphatic heterocycles. The maximum absolute atomic E-state index is 14.1. The molecule has 5 rings (SSSR count). The number of carbonyl (C=O) groups excluding carboxylic acids is 2. The minimum atomic E-state index is -1.07. The van der Waals surface area contributed by atoms with Crippen LogP contribution >= 0.6 is 0 Å². The number of hydrogen-bond acceptors (Lipinski definition) is 20. The molecule has 68 heavy (non-hydrogen) atoms. The van der Waals surface area contributed by atoms with Gasteiger partial charge in [-0.15, -0.1) is 16.6 Å². The maximum Gasteiger partial charge on any atom is 0.303 e. The second kappa shape index (κ2) is 27.9. The van der Waals surface area contributed by atoms with Crippen LogP contribution in [0, 0.1) is 18.3 Å². The molecule has 0 spiro atoms. The third-order valence-corrected chi connectivity index (χ3v) is 11.5. The van der Waals surface area contributed by atoms with Gasteiger partial charge in [-0.25, -0.2) is 9.36 Å². The van der Waals surface area contributed by atoms with Gasteiger partial charge in [0.1, 0.15) is 24.4 Å². The van der Waals surface area contributed by atoms with Gasteiger partial charge in [0.05, 0.1) is 69.8 Å². The molecule has 26 nitrogen and oxygen atoms in total. The first-order valence-electron chi connectivity index (χ1n) is 22.5. The van der Waals surface area contributed by atoms with E-state index in [1.165, 1.54) is 15.6 Å². The number of anilines is 3. The zero-order chi connectivity index (χ0) is 48.3. The number of ether oxygens (including phenoxy) is 3. The predicted molar refractivity (Wildman–Crippen MR) is 239 cm³/mol. The van der Waals surface area contributed by atoms with Crippen LogP contribution in [0.25, 0.3) is 0 Å². The molecule has 5 atom stereocenters. The number of aliphatic carboxylic acids is 2. The highest BCUT2D eigenvalue weighted by molar-refractivity contribution is 5.82. The minimum absolute atomic E-state index is 0. The summed E-state index contributed by atoms with van der Waals surface area (Å²) in [6.07, 6.45) is 8.54. The Kier molecular flexibility index (Phi) is 22.4. The fraction of sp³-hybridized carbons (Fsp3) is 0.683. The monoisotopic (exact) mass is 975 g/mol. The van der Waals surface area contributed by atoms with Crippen LogP contribution < -0.4 is 39.0 Å². The van der Waals surface area contributed by atoms with Crippen molar-refractivity contribution < 1.29 is 61.1 Å². The number of carboxylic acids is 2. The number of piperazine rings is 2. The number of nitrogens with zero attached hydrogens (tertiary/aromatic N) is 13. The highest BCUT2D eigenvalue weighted by atomic mass is 35.5. The van der Waals surface area contributed by atoms with Gasteiger partial charge in [0.15, 0.2) is 0 Å². The Morgan fingerprint density at radius 2 is 1.22 bits per heavy atom. The molecule has 0 bridgehead atoms. The number of hydrogen-bond donors (Lipinski definition) is 6. The zero-order valence-corrected chi connectivity index (χ0v) is 39.3. The number of nitrogens with one attached hydrogen (secondary N) is 1.